The summed E-state index contributed by atoms with van der Waals surface area (Å²) in [6.45, 7) is -0.643. The van der Waals surface area contributed by atoms with Crippen LogP contribution >= 0.6 is 0 Å². The fraction of sp³-hybridized carbons (Fsp3) is 0.286. The van der Waals surface area contributed by atoms with Crippen molar-refractivity contribution in [2.45, 2.75) is 30.7 Å². The van der Waals surface area contributed by atoms with E-state index in [0.29, 0.717) is 0 Å². The monoisotopic (exact) mass is 448 g/mol. The maximum atomic E-state index is 12.9. The molecule has 170 valence electrons. The highest BCUT2D eigenvalue weighted by Crippen LogP contribution is 2.35. The summed E-state index contributed by atoms with van der Waals surface area (Å²) in [5, 5.41) is 68.7. The Kier molecular flexibility index (Phi) is 5.67. The highest BCUT2D eigenvalue weighted by Gasteiger charge is 2.44. The Hall–Kier alpha value is -3.35. The summed E-state index contributed by atoms with van der Waals surface area (Å²) in [7, 11) is 0. The number of fused-ring (bicyclic) bond motifs is 1. The number of phenols is 3. The van der Waals surface area contributed by atoms with Crippen molar-refractivity contribution in [1.29, 1.82) is 0 Å². The van der Waals surface area contributed by atoms with Gasteiger partial charge in [-0.05, 0) is 12.1 Å². The lowest BCUT2D eigenvalue weighted by atomic mass is 9.99. The fourth-order valence-electron chi connectivity index (χ4n) is 3.51. The van der Waals surface area contributed by atoms with Gasteiger partial charge in [-0.3, -0.25) is 4.79 Å². The highest BCUT2D eigenvalue weighted by atomic mass is 16.7. The molecule has 1 aromatic heterocycles. The molecule has 0 saturated carbocycles. The molecule has 1 saturated heterocycles. The molecule has 3 aromatic rings. The molecule has 11 nitrogen and oxygen atoms in total. The molecule has 1 aliphatic heterocycles. The molecule has 0 bridgehead atoms. The Morgan fingerprint density at radius 2 is 1.66 bits per heavy atom. The lowest BCUT2D eigenvalue weighted by molar-refractivity contribution is -0.277. The zero-order chi connectivity index (χ0) is 23.2. The molecule has 0 radical (unpaired) electrons. The van der Waals surface area contributed by atoms with Crippen LogP contribution in [-0.2, 0) is 4.74 Å². The summed E-state index contributed by atoms with van der Waals surface area (Å²) in [6.07, 6.45) is -6.51. The lowest BCUT2D eigenvalue weighted by Crippen LogP contribution is -2.60. The molecule has 0 spiro atoms. The van der Waals surface area contributed by atoms with E-state index in [0.717, 1.165) is 18.4 Å². The summed E-state index contributed by atoms with van der Waals surface area (Å²) in [5.41, 5.74) is -0.729. The first-order chi connectivity index (χ1) is 15.2. The van der Waals surface area contributed by atoms with E-state index in [1.165, 1.54) is 18.2 Å². The van der Waals surface area contributed by atoms with Gasteiger partial charge in [-0.25, -0.2) is 0 Å². The van der Waals surface area contributed by atoms with Gasteiger partial charge in [-0.15, -0.1) is 0 Å². The molecule has 11 heteroatoms. The molecule has 1 fully saturated rings. The Bertz CT molecular complexity index is 1200. The molecule has 0 aliphatic carbocycles. The van der Waals surface area contributed by atoms with Crippen molar-refractivity contribution in [3.8, 4) is 34.1 Å². The van der Waals surface area contributed by atoms with Crippen LogP contribution < -0.4 is 10.2 Å². The summed E-state index contributed by atoms with van der Waals surface area (Å²) in [6, 6.07) is 5.93. The van der Waals surface area contributed by atoms with Crippen LogP contribution in [0.5, 0.6) is 23.0 Å². The number of hydrogen-bond donors (Lipinski definition) is 7. The first kappa shape index (κ1) is 21.9. The zero-order valence-electron chi connectivity index (χ0n) is 16.3. The second-order valence-electron chi connectivity index (χ2n) is 7.31. The number of aliphatic hydroxyl groups excluding tert-OH is 4. The maximum Gasteiger partial charge on any atom is 0.229 e. The van der Waals surface area contributed by atoms with Gasteiger partial charge in [0.05, 0.1) is 12.2 Å². The van der Waals surface area contributed by atoms with E-state index in [-0.39, 0.29) is 39.3 Å². The quantitative estimate of drug-likeness (QED) is 0.279. The third-order valence-electron chi connectivity index (χ3n) is 5.20. The first-order valence-electron chi connectivity index (χ1n) is 9.49. The third kappa shape index (κ3) is 3.72. The van der Waals surface area contributed by atoms with E-state index in [1.54, 1.807) is 0 Å². The standard InChI is InChI=1S/C21H20O11/c22-6-15-18(27)19(28)20(29)21(32-15)31-9-4-13(25)16-14(5-9)30-7-11(17(16)26)10-2-1-8(23)3-12(10)24/h1-5,7,15,18-25,27-29H,6H2/t15-,18-,19+,20-,21+/m1/s1. The van der Waals surface area contributed by atoms with Crippen molar-refractivity contribution in [1.82, 2.24) is 0 Å². The van der Waals surface area contributed by atoms with Gasteiger partial charge >= 0.3 is 0 Å². The minimum absolute atomic E-state index is 0.0621. The molecular formula is C21H20O11. The topological polar surface area (TPSA) is 190 Å². The Labute approximate surface area is 179 Å². The summed E-state index contributed by atoms with van der Waals surface area (Å²) in [5.74, 6) is -1.19. The average molecular weight is 448 g/mol. The first-order valence-corrected chi connectivity index (χ1v) is 9.49. The van der Waals surface area contributed by atoms with Crippen molar-refractivity contribution in [3.05, 3.63) is 46.8 Å². The van der Waals surface area contributed by atoms with Crippen LogP contribution in [0, 0.1) is 0 Å². The number of aliphatic hydroxyl groups is 4. The Morgan fingerprint density at radius 1 is 0.906 bits per heavy atom. The van der Waals surface area contributed by atoms with Crippen LogP contribution in [0.25, 0.3) is 22.1 Å². The highest BCUT2D eigenvalue weighted by molar-refractivity contribution is 5.88. The average Bonchev–Trinajstić information content (AvgIpc) is 2.75. The Morgan fingerprint density at radius 3 is 2.34 bits per heavy atom. The largest absolute Gasteiger partial charge is 0.508 e. The maximum absolute atomic E-state index is 12.9. The van der Waals surface area contributed by atoms with Gasteiger partial charge < -0.3 is 49.6 Å². The fourth-order valence-corrected chi connectivity index (χ4v) is 3.51. The Balaban J connectivity index is 1.70. The van der Waals surface area contributed by atoms with E-state index >= 15 is 0 Å². The number of aromatic hydroxyl groups is 3. The number of hydrogen-bond acceptors (Lipinski definition) is 11. The SMILES string of the molecule is O=c1c(-c2ccc(O)cc2O)coc2cc(O[C@H]3O[C@H](CO)[C@@H](O)[C@H](O)[C@H]3O)cc(O)c12. The molecule has 0 unspecified atom stereocenters. The van der Waals surface area contributed by atoms with Crippen LogP contribution in [-0.4, -0.2) is 73.1 Å². The van der Waals surface area contributed by atoms with Crippen LogP contribution in [0.4, 0.5) is 0 Å². The van der Waals surface area contributed by atoms with Crippen LogP contribution in [0.2, 0.25) is 0 Å². The van der Waals surface area contributed by atoms with Gasteiger partial charge in [0.25, 0.3) is 0 Å². The molecule has 2 heterocycles. The number of phenolic OH excluding ortho intramolecular Hbond substituents is 3. The number of ether oxygens (including phenoxy) is 2. The van der Waals surface area contributed by atoms with Crippen LogP contribution in [0.3, 0.4) is 0 Å². The van der Waals surface area contributed by atoms with Crippen molar-refractivity contribution < 1.29 is 49.6 Å². The summed E-state index contributed by atoms with van der Waals surface area (Å²) < 4.78 is 16.1. The molecule has 2 aromatic carbocycles. The second-order valence-corrected chi connectivity index (χ2v) is 7.31. The van der Waals surface area contributed by atoms with Crippen LogP contribution in [0.1, 0.15) is 0 Å². The zero-order valence-corrected chi connectivity index (χ0v) is 16.3. The van der Waals surface area contributed by atoms with Crippen molar-refractivity contribution in [2.24, 2.45) is 0 Å². The second kappa shape index (κ2) is 8.30. The third-order valence-corrected chi connectivity index (χ3v) is 5.20. The predicted octanol–water partition coefficient (Wildman–Crippen LogP) is -0.245. The van der Waals surface area contributed by atoms with Gasteiger partial charge in [-0.1, -0.05) is 0 Å². The molecular weight excluding hydrogens is 428 g/mol. The molecule has 1 aliphatic rings. The molecule has 7 N–H and O–H groups in total. The number of benzene rings is 2. The number of rotatable bonds is 4. The van der Waals surface area contributed by atoms with Gasteiger partial charge in [0.15, 0.2) is 0 Å². The smallest absolute Gasteiger partial charge is 0.229 e. The minimum Gasteiger partial charge on any atom is -0.508 e. The van der Waals surface area contributed by atoms with E-state index in [2.05, 4.69) is 0 Å². The minimum atomic E-state index is -1.67. The van der Waals surface area contributed by atoms with Crippen molar-refractivity contribution in [2.75, 3.05) is 6.61 Å². The van der Waals surface area contributed by atoms with E-state index < -0.39 is 48.5 Å². The van der Waals surface area contributed by atoms with E-state index in [4.69, 9.17) is 13.9 Å². The normalized spacial score (nSPS) is 25.7. The molecule has 0 amide bonds. The van der Waals surface area contributed by atoms with Crippen molar-refractivity contribution >= 4 is 11.0 Å². The molecule has 4 rings (SSSR count). The summed E-state index contributed by atoms with van der Waals surface area (Å²) in [4.78, 5) is 12.9. The van der Waals surface area contributed by atoms with E-state index in [1.807, 2.05) is 0 Å². The van der Waals surface area contributed by atoms with Gasteiger partial charge in [-0.2, -0.15) is 0 Å². The molecule has 5 atom stereocenters. The van der Waals surface area contributed by atoms with Crippen molar-refractivity contribution in [3.63, 3.8) is 0 Å². The van der Waals surface area contributed by atoms with Gasteiger partial charge in [0, 0.05) is 23.8 Å². The van der Waals surface area contributed by atoms with E-state index in [9.17, 15) is 40.5 Å². The van der Waals surface area contributed by atoms with Gasteiger partial charge in [0.1, 0.15) is 64.6 Å². The van der Waals surface area contributed by atoms with Gasteiger partial charge in [0.2, 0.25) is 11.7 Å². The predicted molar refractivity (Wildman–Crippen MR) is 107 cm³/mol. The summed E-state index contributed by atoms with van der Waals surface area (Å²) >= 11 is 0. The lowest BCUT2D eigenvalue weighted by Gasteiger charge is -2.39. The van der Waals surface area contributed by atoms with Crippen LogP contribution in [0.15, 0.2) is 45.8 Å². The molecule has 32 heavy (non-hydrogen) atoms.